The van der Waals surface area contributed by atoms with Crippen LogP contribution in [0.3, 0.4) is 0 Å². The maximum atomic E-state index is 12.4. The fourth-order valence-electron chi connectivity index (χ4n) is 3.89. The number of rotatable bonds is 4. The van der Waals surface area contributed by atoms with E-state index in [4.69, 9.17) is 14.4 Å². The molecule has 156 valence electrons. The zero-order valence-corrected chi connectivity index (χ0v) is 17.1. The van der Waals surface area contributed by atoms with Gasteiger partial charge in [-0.1, -0.05) is 19.1 Å². The molecule has 1 saturated heterocycles. The number of furan rings is 1. The van der Waals surface area contributed by atoms with Crippen molar-refractivity contribution in [3.05, 3.63) is 47.7 Å². The van der Waals surface area contributed by atoms with Crippen LogP contribution >= 0.6 is 0 Å². The smallest absolute Gasteiger partial charge is 0.414 e. The number of amides is 1. The van der Waals surface area contributed by atoms with E-state index in [2.05, 4.69) is 34.6 Å². The fraction of sp³-hybridized carbons (Fsp3) is 0.391. The summed E-state index contributed by atoms with van der Waals surface area (Å²) in [6.45, 7) is 6.05. The molecule has 7 heteroatoms. The van der Waals surface area contributed by atoms with Crippen molar-refractivity contribution < 1.29 is 13.9 Å². The Hall–Kier alpha value is -3.24. The molecule has 3 heterocycles. The molecule has 1 aromatic carbocycles. The van der Waals surface area contributed by atoms with Crippen LogP contribution in [-0.4, -0.2) is 32.3 Å². The first kappa shape index (κ1) is 20.0. The van der Waals surface area contributed by atoms with Gasteiger partial charge in [-0.2, -0.15) is 5.26 Å². The molecule has 30 heavy (non-hydrogen) atoms. The second-order valence-corrected chi connectivity index (χ2v) is 7.83. The lowest BCUT2D eigenvalue weighted by atomic mass is 9.96. The highest BCUT2D eigenvalue weighted by atomic mass is 16.6. The number of carbonyl (C=O) groups is 1. The molecule has 2 aromatic rings. The molecule has 1 aromatic heterocycles. The van der Waals surface area contributed by atoms with E-state index in [-0.39, 0.29) is 11.7 Å². The molecule has 0 atom stereocenters. The zero-order chi connectivity index (χ0) is 20.9. The Bertz CT molecular complexity index is 981. The lowest BCUT2D eigenvalue weighted by Gasteiger charge is -2.34. The zero-order valence-electron chi connectivity index (χ0n) is 17.1. The lowest BCUT2D eigenvalue weighted by Crippen LogP contribution is -2.33. The van der Waals surface area contributed by atoms with Gasteiger partial charge in [0, 0.05) is 25.7 Å². The van der Waals surface area contributed by atoms with E-state index in [1.807, 2.05) is 18.2 Å². The van der Waals surface area contributed by atoms with Gasteiger partial charge >= 0.3 is 6.09 Å². The van der Waals surface area contributed by atoms with Gasteiger partial charge in [0.05, 0.1) is 11.4 Å². The summed E-state index contributed by atoms with van der Waals surface area (Å²) in [6, 6.07) is 10.9. The second-order valence-electron chi connectivity index (χ2n) is 7.83. The summed E-state index contributed by atoms with van der Waals surface area (Å²) in [4.78, 5) is 14.8. The molecule has 0 spiro atoms. The van der Waals surface area contributed by atoms with Gasteiger partial charge in [-0.05, 0) is 61.1 Å². The van der Waals surface area contributed by atoms with Gasteiger partial charge in [-0.25, -0.2) is 4.79 Å². The van der Waals surface area contributed by atoms with Crippen molar-refractivity contribution in [2.75, 3.05) is 36.4 Å². The normalized spacial score (nSPS) is 17.2. The maximum absolute atomic E-state index is 12.4. The Morgan fingerprint density at radius 3 is 2.83 bits per heavy atom. The van der Waals surface area contributed by atoms with E-state index in [1.165, 1.54) is 23.3 Å². The van der Waals surface area contributed by atoms with E-state index < -0.39 is 6.09 Å². The van der Waals surface area contributed by atoms with Crippen molar-refractivity contribution in [1.29, 1.82) is 5.26 Å². The van der Waals surface area contributed by atoms with Crippen molar-refractivity contribution >= 4 is 23.0 Å². The van der Waals surface area contributed by atoms with E-state index in [9.17, 15) is 4.79 Å². The van der Waals surface area contributed by atoms with Crippen LogP contribution in [0.2, 0.25) is 0 Å². The van der Waals surface area contributed by atoms with Crippen LogP contribution in [0.25, 0.3) is 5.57 Å². The van der Waals surface area contributed by atoms with E-state index in [0.717, 1.165) is 51.1 Å². The average molecular weight is 406 g/mol. The summed E-state index contributed by atoms with van der Waals surface area (Å²) in [7, 11) is 0. The fourth-order valence-corrected chi connectivity index (χ4v) is 3.89. The number of hydrogen-bond acceptors (Lipinski definition) is 6. The molecule has 0 saturated carbocycles. The molecule has 0 aliphatic carbocycles. The van der Waals surface area contributed by atoms with Gasteiger partial charge in [0.1, 0.15) is 6.07 Å². The minimum atomic E-state index is -0.644. The quantitative estimate of drug-likeness (QED) is 0.783. The second kappa shape index (κ2) is 9.06. The van der Waals surface area contributed by atoms with Crippen LogP contribution in [-0.2, 0) is 0 Å². The molecule has 1 fully saturated rings. The first-order valence-electron chi connectivity index (χ1n) is 10.4. The van der Waals surface area contributed by atoms with Gasteiger partial charge < -0.3 is 19.4 Å². The van der Waals surface area contributed by atoms with E-state index in [1.54, 1.807) is 0 Å². The van der Waals surface area contributed by atoms with Gasteiger partial charge in [0.15, 0.2) is 0 Å². The summed E-state index contributed by atoms with van der Waals surface area (Å²) < 4.78 is 10.3. The topological polar surface area (TPSA) is 90.5 Å². The minimum Gasteiger partial charge on any atom is -0.414 e. The van der Waals surface area contributed by atoms with Crippen LogP contribution in [0.5, 0.6) is 5.95 Å². The summed E-state index contributed by atoms with van der Waals surface area (Å²) >= 11 is 0. The number of piperidine rings is 1. The standard InChI is InChI=1S/C23H26N4O3/c1-16-8-12-27(13-9-16)21-14-18(17-6-10-25-11-7-17)2-4-20(21)26-23(28)30-22-5-3-19(15-24)29-22/h2-6,14,16,25H,7-13H2,1H3,(H,26,28). The first-order valence-corrected chi connectivity index (χ1v) is 10.4. The Kier molecular flexibility index (Phi) is 6.05. The van der Waals surface area contributed by atoms with Crippen LogP contribution in [0.4, 0.5) is 16.2 Å². The Balaban J connectivity index is 1.56. The molecule has 7 nitrogen and oxygen atoms in total. The SMILES string of the molecule is CC1CCN(c2cc(C3=CCNCC3)ccc2NC(=O)Oc2ccc(C#N)o2)CC1. The van der Waals surface area contributed by atoms with Gasteiger partial charge in [0.2, 0.25) is 5.76 Å². The third-order valence-electron chi connectivity index (χ3n) is 5.68. The Labute approximate surface area is 176 Å². The van der Waals surface area contributed by atoms with Crippen LogP contribution in [0.1, 0.15) is 37.5 Å². The molecular weight excluding hydrogens is 380 g/mol. The minimum absolute atomic E-state index is 0.00567. The van der Waals surface area contributed by atoms with Gasteiger partial charge in [-0.3, -0.25) is 5.32 Å². The van der Waals surface area contributed by atoms with Gasteiger partial charge in [-0.15, -0.1) is 0 Å². The summed E-state index contributed by atoms with van der Waals surface area (Å²) in [5.41, 5.74) is 4.23. The predicted molar refractivity (Wildman–Crippen MR) is 116 cm³/mol. The third kappa shape index (κ3) is 4.66. The molecule has 0 unspecified atom stereocenters. The Morgan fingerprint density at radius 1 is 1.30 bits per heavy atom. The number of nitriles is 1. The summed E-state index contributed by atoms with van der Waals surface area (Å²) in [6.07, 6.45) is 4.83. The molecule has 0 bridgehead atoms. The van der Waals surface area contributed by atoms with Crippen molar-refractivity contribution in [1.82, 2.24) is 5.32 Å². The largest absolute Gasteiger partial charge is 0.419 e. The molecule has 1 amide bonds. The first-order chi connectivity index (χ1) is 14.6. The number of anilines is 2. The predicted octanol–water partition coefficient (Wildman–Crippen LogP) is 4.38. The van der Waals surface area contributed by atoms with Crippen molar-refractivity contribution in [2.45, 2.75) is 26.2 Å². The number of benzene rings is 1. The number of ether oxygens (including phenoxy) is 1. The third-order valence-corrected chi connectivity index (χ3v) is 5.68. The highest BCUT2D eigenvalue weighted by molar-refractivity contribution is 5.92. The average Bonchev–Trinajstić information content (AvgIpc) is 3.22. The van der Waals surface area contributed by atoms with Gasteiger partial charge in [0.25, 0.3) is 5.95 Å². The highest BCUT2D eigenvalue weighted by Crippen LogP contribution is 2.34. The molecule has 0 radical (unpaired) electrons. The summed E-state index contributed by atoms with van der Waals surface area (Å²) in [5, 5.41) is 15.0. The Morgan fingerprint density at radius 2 is 2.13 bits per heavy atom. The van der Waals surface area contributed by atoms with Crippen molar-refractivity contribution in [3.8, 4) is 12.0 Å². The lowest BCUT2D eigenvalue weighted by molar-refractivity contribution is 0.202. The van der Waals surface area contributed by atoms with Crippen LogP contribution < -0.4 is 20.3 Å². The number of carbonyl (C=O) groups excluding carboxylic acids is 1. The van der Waals surface area contributed by atoms with Crippen LogP contribution in [0.15, 0.2) is 40.8 Å². The highest BCUT2D eigenvalue weighted by Gasteiger charge is 2.21. The van der Waals surface area contributed by atoms with E-state index in [0.29, 0.717) is 11.6 Å². The number of nitrogens with one attached hydrogen (secondary N) is 2. The molecule has 2 N–H and O–H groups in total. The molecule has 2 aliphatic rings. The molecule has 2 aliphatic heterocycles. The maximum Gasteiger partial charge on any atom is 0.419 e. The van der Waals surface area contributed by atoms with E-state index >= 15 is 0 Å². The van der Waals surface area contributed by atoms with Crippen molar-refractivity contribution in [2.24, 2.45) is 5.92 Å². The van der Waals surface area contributed by atoms with Crippen molar-refractivity contribution in [3.63, 3.8) is 0 Å². The van der Waals surface area contributed by atoms with Crippen LogP contribution in [0, 0.1) is 17.2 Å². The molecule has 4 rings (SSSR count). The summed E-state index contributed by atoms with van der Waals surface area (Å²) in [5.74, 6) is 0.806. The number of nitrogens with zero attached hydrogens (tertiary/aromatic N) is 2. The monoisotopic (exact) mass is 406 g/mol. The number of hydrogen-bond donors (Lipinski definition) is 2. The molecular formula is C23H26N4O3.